The lowest BCUT2D eigenvalue weighted by atomic mass is 10.1. The summed E-state index contributed by atoms with van der Waals surface area (Å²) in [5.74, 6) is 3.75. The first-order valence-electron chi connectivity index (χ1n) is 9.95. The fourth-order valence-corrected chi connectivity index (χ4v) is 3.94. The number of anilines is 2. The summed E-state index contributed by atoms with van der Waals surface area (Å²) in [5.41, 5.74) is 2.25. The van der Waals surface area contributed by atoms with Gasteiger partial charge in [0.15, 0.2) is 5.01 Å². The van der Waals surface area contributed by atoms with Gasteiger partial charge in [-0.25, -0.2) is 14.8 Å². The molecule has 3 aromatic heterocycles. The molecule has 1 atom stereocenters. The van der Waals surface area contributed by atoms with Gasteiger partial charge in [0.05, 0.1) is 24.0 Å². The van der Waals surface area contributed by atoms with Crippen LogP contribution < -0.4 is 15.5 Å². The van der Waals surface area contributed by atoms with Gasteiger partial charge in [0, 0.05) is 30.2 Å². The Morgan fingerprint density at radius 3 is 2.77 bits per heavy atom. The Morgan fingerprint density at radius 2 is 2.10 bits per heavy atom. The number of rotatable bonds is 6. The van der Waals surface area contributed by atoms with Crippen LogP contribution in [0.5, 0.6) is 0 Å². The number of pyridine rings is 2. The predicted octanol–water partition coefficient (Wildman–Crippen LogP) is 3.04. The maximum atomic E-state index is 12.2. The molecule has 1 aliphatic rings. The molecule has 31 heavy (non-hydrogen) atoms. The molecule has 3 N–H and O–H groups in total. The van der Waals surface area contributed by atoms with Crippen molar-refractivity contribution in [3.05, 3.63) is 52.6 Å². The Labute approximate surface area is 184 Å². The van der Waals surface area contributed by atoms with E-state index in [4.69, 9.17) is 11.4 Å². The number of urea groups is 1. The number of thiazole rings is 1. The number of amides is 2. The smallest absolute Gasteiger partial charge is 0.321 e. The van der Waals surface area contributed by atoms with E-state index >= 15 is 0 Å². The van der Waals surface area contributed by atoms with E-state index in [1.165, 1.54) is 24.2 Å². The maximum absolute atomic E-state index is 12.2. The number of carbonyl (C=O) groups excluding carboxylic acids is 1. The number of carbonyl (C=O) groups is 1. The van der Waals surface area contributed by atoms with Gasteiger partial charge in [-0.05, 0) is 43.0 Å². The van der Waals surface area contributed by atoms with E-state index in [9.17, 15) is 9.90 Å². The predicted molar refractivity (Wildman–Crippen MR) is 121 cm³/mol. The summed E-state index contributed by atoms with van der Waals surface area (Å²) in [6.07, 6.45) is 9.38. The van der Waals surface area contributed by atoms with Gasteiger partial charge in [-0.2, -0.15) is 0 Å². The van der Waals surface area contributed by atoms with Crippen LogP contribution in [-0.4, -0.2) is 45.8 Å². The molecule has 0 aliphatic carbocycles. The molecule has 1 saturated heterocycles. The molecule has 0 spiro atoms. The van der Waals surface area contributed by atoms with E-state index in [0.29, 0.717) is 16.5 Å². The molecular formula is C22H22N6O2S. The van der Waals surface area contributed by atoms with Crippen LogP contribution in [0.15, 0.2) is 41.9 Å². The summed E-state index contributed by atoms with van der Waals surface area (Å²) in [5, 5.41) is 17.2. The van der Waals surface area contributed by atoms with Crippen LogP contribution in [0.2, 0.25) is 0 Å². The van der Waals surface area contributed by atoms with Crippen LogP contribution in [0.1, 0.15) is 29.6 Å². The van der Waals surface area contributed by atoms with Gasteiger partial charge in [0.2, 0.25) is 0 Å². The van der Waals surface area contributed by atoms with Gasteiger partial charge in [-0.1, -0.05) is 6.07 Å². The van der Waals surface area contributed by atoms with Crippen molar-refractivity contribution >= 4 is 29.0 Å². The Morgan fingerprint density at radius 1 is 1.26 bits per heavy atom. The third-order valence-electron chi connectivity index (χ3n) is 4.96. The van der Waals surface area contributed by atoms with Crippen LogP contribution in [0.25, 0.3) is 11.3 Å². The first kappa shape index (κ1) is 20.8. The van der Waals surface area contributed by atoms with Gasteiger partial charge in [0.25, 0.3) is 0 Å². The second-order valence-electron chi connectivity index (χ2n) is 7.06. The normalized spacial score (nSPS) is 14.1. The number of terminal acetylenes is 1. The maximum Gasteiger partial charge on any atom is 0.321 e. The number of nitrogens with zero attached hydrogens (tertiary/aromatic N) is 4. The molecule has 0 bridgehead atoms. The fraction of sp³-hybridized carbons (Fsp3) is 0.273. The molecule has 0 saturated carbocycles. The van der Waals surface area contributed by atoms with E-state index in [2.05, 4.69) is 31.4 Å². The third-order valence-corrected chi connectivity index (χ3v) is 5.73. The van der Waals surface area contributed by atoms with Gasteiger partial charge in [0.1, 0.15) is 11.6 Å². The molecule has 9 heteroatoms. The molecule has 0 aromatic carbocycles. The zero-order valence-corrected chi connectivity index (χ0v) is 17.6. The van der Waals surface area contributed by atoms with Crippen LogP contribution in [-0.2, 0) is 0 Å². The lowest BCUT2D eigenvalue weighted by molar-refractivity contribution is 0.224. The lowest BCUT2D eigenvalue weighted by Gasteiger charge is -2.18. The first-order valence-corrected chi connectivity index (χ1v) is 10.8. The third kappa shape index (κ3) is 4.99. The van der Waals surface area contributed by atoms with Crippen molar-refractivity contribution in [2.45, 2.75) is 18.9 Å². The highest BCUT2D eigenvalue weighted by Gasteiger charge is 2.17. The zero-order valence-electron chi connectivity index (χ0n) is 16.8. The molecule has 1 aliphatic heterocycles. The quantitative estimate of drug-likeness (QED) is 0.515. The van der Waals surface area contributed by atoms with E-state index < -0.39 is 12.1 Å². The average Bonchev–Trinajstić information content (AvgIpc) is 3.50. The molecule has 2 amide bonds. The van der Waals surface area contributed by atoms with Crippen molar-refractivity contribution in [1.82, 2.24) is 20.3 Å². The summed E-state index contributed by atoms with van der Waals surface area (Å²) in [6.45, 7) is 1.77. The molecule has 4 heterocycles. The molecule has 4 rings (SSSR count). The molecule has 8 nitrogen and oxygen atoms in total. The highest BCUT2D eigenvalue weighted by atomic mass is 32.1. The van der Waals surface area contributed by atoms with Gasteiger partial charge in [-0.15, -0.1) is 17.8 Å². The molecule has 3 aromatic rings. The first-order chi connectivity index (χ1) is 15.2. The summed E-state index contributed by atoms with van der Waals surface area (Å²) in [6, 6.07) is 8.47. The topological polar surface area (TPSA) is 103 Å². The summed E-state index contributed by atoms with van der Waals surface area (Å²) in [7, 11) is 0. The van der Waals surface area contributed by atoms with Crippen LogP contribution in [0, 0.1) is 12.3 Å². The monoisotopic (exact) mass is 434 g/mol. The number of aliphatic hydroxyl groups is 1. The Hall–Kier alpha value is -3.48. The number of nitrogens with one attached hydrogen (secondary N) is 2. The van der Waals surface area contributed by atoms with Crippen LogP contribution in [0.3, 0.4) is 0 Å². The number of aromatic nitrogens is 3. The average molecular weight is 435 g/mol. The number of hydrogen-bond acceptors (Lipinski definition) is 7. The Bertz CT molecular complexity index is 1090. The highest BCUT2D eigenvalue weighted by Crippen LogP contribution is 2.23. The van der Waals surface area contributed by atoms with Crippen LogP contribution in [0.4, 0.5) is 16.4 Å². The van der Waals surface area contributed by atoms with Crippen molar-refractivity contribution in [3.8, 4) is 23.6 Å². The number of aliphatic hydroxyl groups excluding tert-OH is 1. The van der Waals surface area contributed by atoms with Gasteiger partial charge in [-0.3, -0.25) is 10.3 Å². The number of hydrogen-bond donors (Lipinski definition) is 3. The Kier molecular flexibility index (Phi) is 6.40. The minimum absolute atomic E-state index is 0.296. The standard InChI is InChI=1S/C22H22N6O2S/c1-2-21-26-19(14-31-21)27-22(30)25-18(13-29)17-9-8-15(12-23-17)16-6-5-7-20(24-16)28-10-3-4-11-28/h1,5-9,12,14,18,29H,3-4,10-11,13H2,(H2,25,27,30). The van der Waals surface area contributed by atoms with Crippen molar-refractivity contribution in [2.75, 3.05) is 29.9 Å². The van der Waals surface area contributed by atoms with Crippen LogP contribution >= 0.6 is 11.3 Å². The Balaban J connectivity index is 1.43. The van der Waals surface area contributed by atoms with Gasteiger partial charge >= 0.3 is 6.03 Å². The van der Waals surface area contributed by atoms with Crippen molar-refractivity contribution in [3.63, 3.8) is 0 Å². The van der Waals surface area contributed by atoms with Crippen molar-refractivity contribution in [2.24, 2.45) is 0 Å². The fourth-order valence-electron chi connectivity index (χ4n) is 3.39. The van der Waals surface area contributed by atoms with E-state index in [1.807, 2.05) is 24.3 Å². The second kappa shape index (κ2) is 9.55. The largest absolute Gasteiger partial charge is 0.394 e. The minimum atomic E-state index is -0.663. The summed E-state index contributed by atoms with van der Waals surface area (Å²) < 4.78 is 0. The summed E-state index contributed by atoms with van der Waals surface area (Å²) in [4.78, 5) is 27.8. The lowest BCUT2D eigenvalue weighted by Crippen LogP contribution is -2.34. The second-order valence-corrected chi connectivity index (χ2v) is 7.92. The summed E-state index contributed by atoms with van der Waals surface area (Å²) >= 11 is 1.26. The molecule has 1 fully saturated rings. The van der Waals surface area contributed by atoms with E-state index in [0.717, 1.165) is 30.2 Å². The molecule has 0 radical (unpaired) electrons. The van der Waals surface area contributed by atoms with Crippen molar-refractivity contribution in [1.29, 1.82) is 0 Å². The highest BCUT2D eigenvalue weighted by molar-refractivity contribution is 7.10. The zero-order chi connectivity index (χ0) is 21.6. The molecule has 158 valence electrons. The van der Waals surface area contributed by atoms with E-state index in [-0.39, 0.29) is 6.61 Å². The molecule has 1 unspecified atom stereocenters. The minimum Gasteiger partial charge on any atom is -0.394 e. The SMILES string of the molecule is C#Cc1nc(NC(=O)NC(CO)c2ccc(-c3cccc(N4CCCC4)n3)cn2)cs1. The van der Waals surface area contributed by atoms with Gasteiger partial charge < -0.3 is 15.3 Å². The van der Waals surface area contributed by atoms with E-state index in [1.54, 1.807) is 17.6 Å². The molecular weight excluding hydrogens is 412 g/mol. The van der Waals surface area contributed by atoms with Crippen molar-refractivity contribution < 1.29 is 9.90 Å².